The highest BCUT2D eigenvalue weighted by Gasteiger charge is 2.34. The van der Waals surface area contributed by atoms with E-state index in [-0.39, 0.29) is 37.1 Å². The lowest BCUT2D eigenvalue weighted by Crippen LogP contribution is -2.29. The number of nitrogen functional groups attached to an aromatic ring is 5. The van der Waals surface area contributed by atoms with Crippen LogP contribution in [0.2, 0.25) is 5.15 Å². The summed E-state index contributed by atoms with van der Waals surface area (Å²) in [5.41, 5.74) is 45.6. The van der Waals surface area contributed by atoms with E-state index in [2.05, 4.69) is 74.3 Å². The molecular weight excluding hydrogens is 1880 g/mol. The molecule has 3 aliphatic carbocycles. The van der Waals surface area contributed by atoms with E-state index >= 15 is 0 Å². The molecule has 4 aliphatic rings. The summed E-state index contributed by atoms with van der Waals surface area (Å²) >= 11 is 6.92. The third-order valence-electron chi connectivity index (χ3n) is 26.6. The summed E-state index contributed by atoms with van der Waals surface area (Å²) in [7, 11) is 0. The van der Waals surface area contributed by atoms with Gasteiger partial charge in [-0.15, -0.1) is 0 Å². The molecule has 4 unspecified atom stereocenters. The maximum atomic E-state index is 10.4. The van der Waals surface area contributed by atoms with Gasteiger partial charge in [0.25, 0.3) is 0 Å². The number of hydrogen-bond acceptors (Lipinski definition) is 25. The molecule has 740 valence electrons. The van der Waals surface area contributed by atoms with Gasteiger partial charge >= 0.3 is 0 Å². The molecule has 21 aromatic rings. The van der Waals surface area contributed by atoms with Crippen LogP contribution in [0.3, 0.4) is 0 Å². The average molecular weight is 1990 g/mol. The Kier molecular flexibility index (Phi) is 28.9. The number of rotatable bonds is 22. The van der Waals surface area contributed by atoms with Crippen molar-refractivity contribution in [3.8, 4) is 113 Å². The average Bonchev–Trinajstić information content (AvgIpc) is 1.84. The van der Waals surface area contributed by atoms with E-state index in [1.807, 2.05) is 339 Å². The fraction of sp³-hybridized carbons (Fsp3) is 0.162. The molecule has 31 heteroatoms. The summed E-state index contributed by atoms with van der Waals surface area (Å²) in [6.07, 6.45) is 26.1. The second-order valence-electron chi connectivity index (χ2n) is 36.2. The van der Waals surface area contributed by atoms with Gasteiger partial charge in [0.05, 0.1) is 77.1 Å². The van der Waals surface area contributed by atoms with Crippen LogP contribution in [0.5, 0.6) is 57.5 Å². The van der Waals surface area contributed by atoms with Crippen molar-refractivity contribution in [3.05, 3.63) is 383 Å². The standard InChI is InChI=1S/C28H24N4O3.C23H21ClN4O.C23H22N4O2.C23H20N4O2.C20H18N4O2/c29-26-25-24(19-11-13-23(14-12-19)35-22-9-5-2-6-10-22)15-32(27(25)31-18-30-26)21-16-33-28(34-17-21)20-7-3-1-4-8-20;24-21-19(15-10-12-18(13-11-15)29-17-8-2-1-3-9-17)20-22(25)26-14-27-23(20)28(21)16-6-4-5-7-16;24-22-21-18(13-27(23(21)26-14-25-22)19-7-4-8-20(19)28)15-9-11-17(12-10-15)29-16-5-2-1-3-6-16;24-22-21-20(13-27(23(21)26-14-25-22)16-8-9-17(28)12-16)15-6-10-19(11-7-15)29-18-4-2-1-3-5-18;21-19-18-17(12-24(10-11-25)20(18)23-13-22-19)14-6-8-16(9-7-14)26-15-4-2-1-3-5-15/h1-15,18,21,28H,16-17H2,(H2,29,30,31);1-3,8-14,16H,4-7H2,(H2,25,26,27);1-3,5-6,9-14,19-20,28H,4,7-8H2,(H2,24,25,26);1-11,13-14,16-17,28H,12H2,(H2,24,25,26);1-9,12-13,25H,10-11H2,(H2,21,22,23). The van der Waals surface area contributed by atoms with Crippen LogP contribution in [0.15, 0.2) is 372 Å². The summed E-state index contributed by atoms with van der Waals surface area (Å²) in [6.45, 7) is 1.46. The predicted octanol–water partition coefficient (Wildman–Crippen LogP) is 24.4. The van der Waals surface area contributed by atoms with Crippen LogP contribution in [0, 0.1) is 0 Å². The Hall–Kier alpha value is -17.7. The lowest BCUT2D eigenvalue weighted by Gasteiger charge is -2.30. The van der Waals surface area contributed by atoms with Gasteiger partial charge in [-0.05, 0) is 181 Å². The number of aromatic nitrogens is 15. The summed E-state index contributed by atoms with van der Waals surface area (Å²) in [4.78, 5) is 43.3. The van der Waals surface area contributed by atoms with E-state index in [1.54, 1.807) is 0 Å². The number of ether oxygens (including phenoxy) is 7. The van der Waals surface area contributed by atoms with Crippen molar-refractivity contribution >= 4 is 95.9 Å². The van der Waals surface area contributed by atoms with Crippen LogP contribution in [-0.4, -0.2) is 120 Å². The Balaban J connectivity index is 0.000000109. The first-order valence-corrected chi connectivity index (χ1v) is 49.3. The molecule has 25 rings (SSSR count). The second-order valence-corrected chi connectivity index (χ2v) is 36.5. The van der Waals surface area contributed by atoms with Gasteiger partial charge in [-0.3, -0.25) is 0 Å². The van der Waals surface area contributed by atoms with E-state index in [0.717, 1.165) is 200 Å². The topological polar surface area (TPSA) is 409 Å². The summed E-state index contributed by atoms with van der Waals surface area (Å²) in [6, 6.07) is 98.1. The van der Waals surface area contributed by atoms with E-state index < -0.39 is 6.10 Å². The molecular formula is C117H105ClN20O10. The van der Waals surface area contributed by atoms with Crippen molar-refractivity contribution in [3.63, 3.8) is 0 Å². The Bertz CT molecular complexity index is 8150. The zero-order valence-corrected chi connectivity index (χ0v) is 81.2. The summed E-state index contributed by atoms with van der Waals surface area (Å²) < 4.78 is 51.8. The van der Waals surface area contributed by atoms with Gasteiger partial charge in [0.15, 0.2) is 6.29 Å². The largest absolute Gasteiger partial charge is 0.457 e. The van der Waals surface area contributed by atoms with Crippen LogP contribution in [0.25, 0.3) is 111 Å². The molecule has 0 radical (unpaired) electrons. The Morgan fingerprint density at radius 3 is 1.03 bits per heavy atom. The first kappa shape index (κ1) is 96.5. The molecule has 1 saturated heterocycles. The predicted molar refractivity (Wildman–Crippen MR) is 577 cm³/mol. The van der Waals surface area contributed by atoms with Gasteiger partial charge in [0.1, 0.15) is 152 Å². The number of hydrogen-bond donors (Lipinski definition) is 8. The number of nitrogens with zero attached hydrogens (tertiary/aromatic N) is 15. The minimum Gasteiger partial charge on any atom is -0.457 e. The number of benzene rings is 11. The Morgan fingerprint density at radius 1 is 0.324 bits per heavy atom. The second kappa shape index (κ2) is 44.3. The van der Waals surface area contributed by atoms with Crippen molar-refractivity contribution in [2.24, 2.45) is 0 Å². The lowest BCUT2D eigenvalue weighted by atomic mass is 10.1. The smallest absolute Gasteiger partial charge is 0.184 e. The van der Waals surface area contributed by atoms with Crippen LogP contribution in [-0.2, 0) is 16.0 Å². The van der Waals surface area contributed by atoms with Gasteiger partial charge in [-0.2, -0.15) is 0 Å². The van der Waals surface area contributed by atoms with Crippen LogP contribution >= 0.6 is 11.6 Å². The molecule has 1 aliphatic heterocycles. The zero-order valence-electron chi connectivity index (χ0n) is 80.4. The fourth-order valence-electron chi connectivity index (χ4n) is 19.5. The highest BCUT2D eigenvalue weighted by atomic mass is 35.5. The zero-order chi connectivity index (χ0) is 101. The summed E-state index contributed by atoms with van der Waals surface area (Å²) in [5, 5.41) is 34.3. The molecule has 2 saturated carbocycles. The lowest BCUT2D eigenvalue weighted by molar-refractivity contribution is -0.200. The molecule has 10 aromatic heterocycles. The van der Waals surface area contributed by atoms with E-state index in [0.29, 0.717) is 72.1 Å². The highest BCUT2D eigenvalue weighted by molar-refractivity contribution is 6.35. The molecule has 0 spiro atoms. The monoisotopic (exact) mass is 1980 g/mol. The Labute approximate surface area is 856 Å². The minimum absolute atomic E-state index is 0.0150. The van der Waals surface area contributed by atoms with Gasteiger partial charge in [0, 0.05) is 77.2 Å². The normalized spacial score (nSPS) is 16.3. The van der Waals surface area contributed by atoms with Crippen LogP contribution in [0.1, 0.15) is 87.4 Å². The SMILES string of the molecule is Nc1ncnc2c1c(-c1ccc(Oc3ccccc3)cc1)c(Cl)n2C1CCCC1.Nc1ncnc2c1c(-c1ccc(Oc3ccccc3)cc1)cn2C1C=CC(O)C1.Nc1ncnc2c1c(-c1ccc(Oc3ccccc3)cc1)cn2C1CCCC1O.Nc1ncnc2c1c(-c1ccc(Oc3ccccc3)cc1)cn2C1COC(c2ccccc2)OC1.Nc1ncnc2c1c(-c1ccc(Oc3ccccc3)cc1)cn2CCO. The van der Waals surface area contributed by atoms with Gasteiger partial charge < -0.3 is 100.0 Å². The van der Waals surface area contributed by atoms with E-state index in [4.69, 9.17) is 73.4 Å². The number of halogens is 1. The maximum absolute atomic E-state index is 10.4. The number of anilines is 5. The molecule has 148 heavy (non-hydrogen) atoms. The highest BCUT2D eigenvalue weighted by Crippen LogP contribution is 2.48. The number of para-hydroxylation sites is 5. The van der Waals surface area contributed by atoms with E-state index in [9.17, 15) is 15.3 Å². The Morgan fingerprint density at radius 2 is 0.655 bits per heavy atom. The van der Waals surface area contributed by atoms with Crippen LogP contribution < -0.4 is 52.4 Å². The number of allylic oxidation sites excluding steroid dienone is 1. The third kappa shape index (κ3) is 21.2. The van der Waals surface area contributed by atoms with Crippen LogP contribution in [0.4, 0.5) is 29.1 Å². The fourth-order valence-corrected chi connectivity index (χ4v) is 19.9. The number of nitrogens with two attached hydrogens (primary N) is 5. The maximum Gasteiger partial charge on any atom is 0.184 e. The molecule has 0 amide bonds. The minimum atomic E-state index is -0.436. The summed E-state index contributed by atoms with van der Waals surface area (Å²) in [5.74, 6) is 9.97. The first-order valence-electron chi connectivity index (χ1n) is 49.0. The van der Waals surface area contributed by atoms with E-state index in [1.165, 1.54) is 44.5 Å². The molecule has 13 N–H and O–H groups in total. The molecule has 0 bridgehead atoms. The number of fused-ring (bicyclic) bond motifs is 5. The number of aliphatic hydroxyl groups excluding tert-OH is 3. The molecule has 30 nitrogen and oxygen atoms in total. The molecule has 11 aromatic carbocycles. The van der Waals surface area contributed by atoms with Gasteiger partial charge in [0.2, 0.25) is 0 Å². The number of aliphatic hydroxyl groups is 3. The molecule has 11 heterocycles. The van der Waals surface area contributed by atoms with Crippen molar-refractivity contribution in [2.75, 3.05) is 48.5 Å². The first-order chi connectivity index (χ1) is 72.6. The van der Waals surface area contributed by atoms with Gasteiger partial charge in [-0.25, -0.2) is 49.8 Å². The van der Waals surface area contributed by atoms with Crippen molar-refractivity contribution in [1.82, 2.24) is 72.7 Å². The van der Waals surface area contributed by atoms with Gasteiger partial charge in [-0.1, -0.05) is 219 Å². The molecule has 4 atom stereocenters. The third-order valence-corrected chi connectivity index (χ3v) is 27.0. The quantitative estimate of drug-likeness (QED) is 0.0292. The van der Waals surface area contributed by atoms with Crippen molar-refractivity contribution in [1.29, 1.82) is 0 Å². The molecule has 3 fully saturated rings. The van der Waals surface area contributed by atoms with Crippen molar-refractivity contribution in [2.45, 2.75) is 101 Å². The van der Waals surface area contributed by atoms with Crippen molar-refractivity contribution < 1.29 is 48.5 Å².